The van der Waals surface area contributed by atoms with Gasteiger partial charge in [-0.15, -0.1) is 0 Å². The zero-order chi connectivity index (χ0) is 15.4. The van der Waals surface area contributed by atoms with Crippen LogP contribution in [0.15, 0.2) is 85.2 Å². The Morgan fingerprint density at radius 2 is 1.41 bits per heavy atom. The fraction of sp³-hybridized carbons (Fsp3) is 0.0526. The summed E-state index contributed by atoms with van der Waals surface area (Å²) in [7, 11) is 0. The summed E-state index contributed by atoms with van der Waals surface area (Å²) in [5, 5.41) is 11.3. The second kappa shape index (κ2) is 5.92. The van der Waals surface area contributed by atoms with Gasteiger partial charge in [-0.25, -0.2) is 0 Å². The fourth-order valence-corrected chi connectivity index (χ4v) is 2.48. The highest BCUT2D eigenvalue weighted by Crippen LogP contribution is 2.32. The standard InChI is InChI=1S/C19H15NO2/c21-18(15-8-3-1-4-9-15)19(22,16-10-5-2-6-11-16)17-12-7-13-20-14-17/h1-14,22H/t19-/m0/s1. The fourth-order valence-electron chi connectivity index (χ4n) is 2.48. The van der Waals surface area contributed by atoms with Gasteiger partial charge in [0.15, 0.2) is 5.60 Å². The number of pyridine rings is 1. The van der Waals surface area contributed by atoms with E-state index >= 15 is 0 Å². The van der Waals surface area contributed by atoms with E-state index in [1.54, 1.807) is 66.9 Å². The first-order valence-corrected chi connectivity index (χ1v) is 7.01. The lowest BCUT2D eigenvalue weighted by Crippen LogP contribution is -2.37. The molecule has 0 radical (unpaired) electrons. The van der Waals surface area contributed by atoms with Crippen molar-refractivity contribution in [1.82, 2.24) is 4.98 Å². The summed E-state index contributed by atoms with van der Waals surface area (Å²) in [6.45, 7) is 0. The van der Waals surface area contributed by atoms with Crippen LogP contribution in [0.2, 0.25) is 0 Å². The van der Waals surface area contributed by atoms with Crippen LogP contribution in [0.1, 0.15) is 21.5 Å². The van der Waals surface area contributed by atoms with E-state index in [0.717, 1.165) is 0 Å². The van der Waals surface area contributed by atoms with E-state index in [9.17, 15) is 9.90 Å². The molecular formula is C19H15NO2. The van der Waals surface area contributed by atoms with Gasteiger partial charge in [0.05, 0.1) is 0 Å². The van der Waals surface area contributed by atoms with Crippen molar-refractivity contribution >= 4 is 5.78 Å². The van der Waals surface area contributed by atoms with Crippen molar-refractivity contribution in [2.45, 2.75) is 5.60 Å². The summed E-state index contributed by atoms with van der Waals surface area (Å²) in [5.41, 5.74) is -0.318. The van der Waals surface area contributed by atoms with E-state index in [1.807, 2.05) is 12.1 Å². The van der Waals surface area contributed by atoms with Crippen molar-refractivity contribution in [2.24, 2.45) is 0 Å². The molecule has 0 amide bonds. The number of aliphatic hydroxyl groups is 1. The number of carbonyl (C=O) groups is 1. The third-order valence-electron chi connectivity index (χ3n) is 3.64. The Labute approximate surface area is 128 Å². The van der Waals surface area contributed by atoms with Gasteiger partial charge in [0.2, 0.25) is 5.78 Å². The maximum atomic E-state index is 13.0. The first-order valence-electron chi connectivity index (χ1n) is 7.01. The highest BCUT2D eigenvalue weighted by atomic mass is 16.3. The van der Waals surface area contributed by atoms with Crippen molar-refractivity contribution in [3.63, 3.8) is 0 Å². The zero-order valence-electron chi connectivity index (χ0n) is 11.9. The molecule has 2 aromatic carbocycles. The summed E-state index contributed by atoms with van der Waals surface area (Å²) < 4.78 is 0. The van der Waals surface area contributed by atoms with Crippen LogP contribution >= 0.6 is 0 Å². The van der Waals surface area contributed by atoms with Gasteiger partial charge >= 0.3 is 0 Å². The number of rotatable bonds is 4. The van der Waals surface area contributed by atoms with Crippen LogP contribution in [-0.2, 0) is 5.60 Å². The smallest absolute Gasteiger partial charge is 0.203 e. The Balaban J connectivity index is 2.18. The van der Waals surface area contributed by atoms with Crippen molar-refractivity contribution < 1.29 is 9.90 Å². The van der Waals surface area contributed by atoms with Crippen LogP contribution in [0, 0.1) is 0 Å². The van der Waals surface area contributed by atoms with E-state index in [-0.39, 0.29) is 5.78 Å². The van der Waals surface area contributed by atoms with Crippen LogP contribution < -0.4 is 0 Å². The van der Waals surface area contributed by atoms with Gasteiger partial charge in [-0.1, -0.05) is 66.7 Å². The Morgan fingerprint density at radius 3 is 2.00 bits per heavy atom. The minimum Gasteiger partial charge on any atom is -0.373 e. The van der Waals surface area contributed by atoms with E-state index in [0.29, 0.717) is 16.7 Å². The highest BCUT2D eigenvalue weighted by molar-refractivity contribution is 6.05. The molecule has 0 spiro atoms. The number of ketones is 1. The number of benzene rings is 2. The molecule has 22 heavy (non-hydrogen) atoms. The van der Waals surface area contributed by atoms with E-state index < -0.39 is 5.60 Å². The molecule has 1 heterocycles. The quantitative estimate of drug-likeness (QED) is 0.750. The lowest BCUT2D eigenvalue weighted by molar-refractivity contribution is 0.0486. The predicted octanol–water partition coefficient (Wildman–Crippen LogP) is 3.20. The zero-order valence-corrected chi connectivity index (χ0v) is 11.9. The molecule has 3 rings (SSSR count). The predicted molar refractivity (Wildman–Crippen MR) is 84.5 cm³/mol. The molecule has 0 aliphatic rings. The number of nitrogens with zero attached hydrogens (tertiary/aromatic N) is 1. The molecule has 0 saturated heterocycles. The van der Waals surface area contributed by atoms with E-state index in [4.69, 9.17) is 0 Å². The second-order valence-corrected chi connectivity index (χ2v) is 5.01. The summed E-state index contributed by atoms with van der Waals surface area (Å²) >= 11 is 0. The Hall–Kier alpha value is -2.78. The van der Waals surface area contributed by atoms with Crippen molar-refractivity contribution in [1.29, 1.82) is 0 Å². The number of carbonyl (C=O) groups excluding carboxylic acids is 1. The lowest BCUT2D eigenvalue weighted by atomic mass is 9.81. The molecule has 1 N–H and O–H groups in total. The van der Waals surface area contributed by atoms with Gasteiger partial charge in [-0.05, 0) is 11.6 Å². The van der Waals surface area contributed by atoms with Crippen molar-refractivity contribution in [3.8, 4) is 0 Å². The molecule has 1 aromatic heterocycles. The molecule has 3 nitrogen and oxygen atoms in total. The first kappa shape index (κ1) is 14.2. The monoisotopic (exact) mass is 289 g/mol. The van der Waals surface area contributed by atoms with Crippen LogP contribution in [0.4, 0.5) is 0 Å². The number of Topliss-reactive ketones (excluding diaryl/α,β-unsaturated/α-hetero) is 1. The van der Waals surface area contributed by atoms with Crippen molar-refractivity contribution in [3.05, 3.63) is 102 Å². The molecule has 108 valence electrons. The van der Waals surface area contributed by atoms with Crippen LogP contribution in [0.3, 0.4) is 0 Å². The summed E-state index contributed by atoms with van der Waals surface area (Å²) in [4.78, 5) is 17.0. The van der Waals surface area contributed by atoms with Gasteiger partial charge in [0.25, 0.3) is 0 Å². The number of aromatic nitrogens is 1. The van der Waals surface area contributed by atoms with Gasteiger partial charge in [0.1, 0.15) is 0 Å². The molecule has 0 saturated carbocycles. The third kappa shape index (κ3) is 2.43. The molecule has 0 fully saturated rings. The molecule has 1 atom stereocenters. The topological polar surface area (TPSA) is 50.2 Å². The number of hydrogen-bond donors (Lipinski definition) is 1. The van der Waals surface area contributed by atoms with Crippen LogP contribution in [0.25, 0.3) is 0 Å². The SMILES string of the molecule is O=C(c1ccccc1)[C@](O)(c1ccccc1)c1cccnc1. The second-order valence-electron chi connectivity index (χ2n) is 5.01. The average molecular weight is 289 g/mol. The lowest BCUT2D eigenvalue weighted by Gasteiger charge is -2.27. The largest absolute Gasteiger partial charge is 0.373 e. The highest BCUT2D eigenvalue weighted by Gasteiger charge is 2.40. The maximum Gasteiger partial charge on any atom is 0.203 e. The molecule has 0 unspecified atom stereocenters. The Morgan fingerprint density at radius 1 is 0.818 bits per heavy atom. The van der Waals surface area contributed by atoms with Crippen LogP contribution in [-0.4, -0.2) is 15.9 Å². The average Bonchev–Trinajstić information content (AvgIpc) is 2.62. The molecule has 3 aromatic rings. The summed E-state index contributed by atoms with van der Waals surface area (Å²) in [6.07, 6.45) is 3.13. The van der Waals surface area contributed by atoms with Gasteiger partial charge < -0.3 is 5.11 Å². The maximum absolute atomic E-state index is 13.0. The minimum absolute atomic E-state index is 0.368. The van der Waals surface area contributed by atoms with E-state index in [1.165, 1.54) is 6.20 Å². The molecular weight excluding hydrogens is 274 g/mol. The van der Waals surface area contributed by atoms with Crippen molar-refractivity contribution in [2.75, 3.05) is 0 Å². The summed E-state index contributed by atoms with van der Waals surface area (Å²) in [5.74, 6) is -0.368. The Bertz CT molecular complexity index is 716. The first-order chi connectivity index (χ1) is 10.7. The normalized spacial score (nSPS) is 13.3. The molecule has 3 heteroatoms. The minimum atomic E-state index is -1.75. The van der Waals surface area contributed by atoms with Gasteiger partial charge in [-0.2, -0.15) is 0 Å². The van der Waals surface area contributed by atoms with Gasteiger partial charge in [-0.3, -0.25) is 9.78 Å². The number of hydrogen-bond acceptors (Lipinski definition) is 3. The Kier molecular flexibility index (Phi) is 3.81. The molecule has 0 bridgehead atoms. The summed E-state index contributed by atoms with van der Waals surface area (Å²) in [6, 6.07) is 21.2. The molecule has 0 aliphatic heterocycles. The van der Waals surface area contributed by atoms with Gasteiger partial charge in [0, 0.05) is 23.5 Å². The molecule has 0 aliphatic carbocycles. The van der Waals surface area contributed by atoms with Crippen LogP contribution in [0.5, 0.6) is 0 Å². The van der Waals surface area contributed by atoms with E-state index in [2.05, 4.69) is 4.98 Å². The third-order valence-corrected chi connectivity index (χ3v) is 3.64.